The third-order valence-electron chi connectivity index (χ3n) is 5.03. The fourth-order valence-corrected chi connectivity index (χ4v) is 3.67. The monoisotopic (exact) mass is 426 g/mol. The summed E-state index contributed by atoms with van der Waals surface area (Å²) >= 11 is 0. The molecular formula is C24H26N8. The van der Waals surface area contributed by atoms with Crippen LogP contribution >= 0.6 is 0 Å². The Morgan fingerprint density at radius 2 is 1.91 bits per heavy atom. The molecule has 0 aliphatic carbocycles. The van der Waals surface area contributed by atoms with Crippen LogP contribution in [0.1, 0.15) is 37.9 Å². The third kappa shape index (κ3) is 4.27. The van der Waals surface area contributed by atoms with E-state index in [1.165, 1.54) is 0 Å². The standard InChI is InChI=1S/C22H20N8.C2H6/c1-14-19(21(25-2)18-12-26-7-8-28-18)20(17(11-23)22(24)29-14)15-3-5-16(6-4-15)30-10-9-27-13-30;1-2/h3-10,12-13,20,29H,24H2,1-2H3;1-2H3. The average molecular weight is 427 g/mol. The van der Waals surface area contributed by atoms with Crippen molar-refractivity contribution in [3.63, 3.8) is 0 Å². The van der Waals surface area contributed by atoms with E-state index in [9.17, 15) is 5.26 Å². The van der Waals surface area contributed by atoms with Crippen LogP contribution in [0.4, 0.5) is 0 Å². The Kier molecular flexibility index (Phi) is 7.13. The molecule has 0 bridgehead atoms. The highest BCUT2D eigenvalue weighted by atomic mass is 15.0. The van der Waals surface area contributed by atoms with E-state index in [1.54, 1.807) is 38.2 Å². The van der Waals surface area contributed by atoms with Crippen LogP contribution in [0.25, 0.3) is 5.69 Å². The first-order chi connectivity index (χ1) is 15.6. The number of rotatable bonds is 4. The Hall–Kier alpha value is -4.25. The van der Waals surface area contributed by atoms with Crippen LogP contribution in [0.2, 0.25) is 0 Å². The number of hydrogen-bond donors (Lipinski definition) is 2. The minimum Gasteiger partial charge on any atom is -0.384 e. The van der Waals surface area contributed by atoms with E-state index < -0.39 is 0 Å². The minimum absolute atomic E-state index is 0.344. The van der Waals surface area contributed by atoms with Crippen LogP contribution in [0.3, 0.4) is 0 Å². The molecule has 3 aromatic rings. The Morgan fingerprint density at radius 3 is 2.47 bits per heavy atom. The second kappa shape index (κ2) is 10.2. The number of aliphatic imine (C=N–C) groups is 1. The molecule has 4 rings (SSSR count). The summed E-state index contributed by atoms with van der Waals surface area (Å²) in [5, 5.41) is 13.0. The van der Waals surface area contributed by atoms with Gasteiger partial charge in [0.15, 0.2) is 0 Å². The van der Waals surface area contributed by atoms with E-state index >= 15 is 0 Å². The predicted octanol–water partition coefficient (Wildman–Crippen LogP) is 3.46. The molecule has 32 heavy (non-hydrogen) atoms. The van der Waals surface area contributed by atoms with E-state index in [0.29, 0.717) is 22.8 Å². The van der Waals surface area contributed by atoms with Crippen molar-refractivity contribution in [1.29, 1.82) is 5.26 Å². The Labute approximate surface area is 187 Å². The van der Waals surface area contributed by atoms with Crippen molar-refractivity contribution in [3.8, 4) is 11.8 Å². The summed E-state index contributed by atoms with van der Waals surface area (Å²) in [4.78, 5) is 17.2. The number of nitrogens with zero attached hydrogens (tertiary/aromatic N) is 6. The van der Waals surface area contributed by atoms with Crippen LogP contribution in [0.15, 0.2) is 89.2 Å². The molecule has 0 spiro atoms. The van der Waals surface area contributed by atoms with Gasteiger partial charge >= 0.3 is 0 Å². The molecule has 8 nitrogen and oxygen atoms in total. The van der Waals surface area contributed by atoms with Crippen molar-refractivity contribution in [3.05, 3.63) is 95.5 Å². The van der Waals surface area contributed by atoms with Gasteiger partial charge in [0.1, 0.15) is 11.5 Å². The van der Waals surface area contributed by atoms with E-state index in [-0.39, 0.29) is 5.92 Å². The maximum absolute atomic E-state index is 9.90. The van der Waals surface area contributed by atoms with Crippen molar-refractivity contribution in [2.45, 2.75) is 26.7 Å². The van der Waals surface area contributed by atoms with E-state index in [0.717, 1.165) is 22.5 Å². The molecule has 162 valence electrons. The number of hydrogen-bond acceptors (Lipinski definition) is 7. The second-order valence-electron chi connectivity index (χ2n) is 6.76. The van der Waals surface area contributed by atoms with Crippen molar-refractivity contribution < 1.29 is 0 Å². The van der Waals surface area contributed by atoms with Gasteiger partial charge in [0, 0.05) is 48.8 Å². The molecule has 2 aromatic heterocycles. The number of dihydropyridines is 1. The van der Waals surface area contributed by atoms with Gasteiger partial charge < -0.3 is 15.6 Å². The largest absolute Gasteiger partial charge is 0.384 e. The number of aromatic nitrogens is 4. The fraction of sp³-hybridized carbons (Fsp3) is 0.208. The van der Waals surface area contributed by atoms with Gasteiger partial charge in [-0.25, -0.2) is 4.98 Å². The Balaban J connectivity index is 0.00000141. The zero-order chi connectivity index (χ0) is 23.1. The number of benzene rings is 1. The maximum Gasteiger partial charge on any atom is 0.115 e. The highest BCUT2D eigenvalue weighted by Gasteiger charge is 2.33. The van der Waals surface area contributed by atoms with Crippen LogP contribution in [0, 0.1) is 11.3 Å². The molecular weight excluding hydrogens is 400 g/mol. The highest BCUT2D eigenvalue weighted by molar-refractivity contribution is 6.13. The zero-order valence-corrected chi connectivity index (χ0v) is 18.6. The molecule has 3 heterocycles. The van der Waals surface area contributed by atoms with Gasteiger partial charge in [-0.05, 0) is 24.6 Å². The lowest BCUT2D eigenvalue weighted by atomic mass is 9.79. The van der Waals surface area contributed by atoms with Crippen molar-refractivity contribution in [2.75, 3.05) is 7.05 Å². The molecule has 0 radical (unpaired) electrons. The van der Waals surface area contributed by atoms with Crippen LogP contribution in [0.5, 0.6) is 0 Å². The first-order valence-electron chi connectivity index (χ1n) is 10.3. The van der Waals surface area contributed by atoms with Crippen LogP contribution in [-0.4, -0.2) is 32.3 Å². The Morgan fingerprint density at radius 1 is 1.16 bits per heavy atom. The summed E-state index contributed by atoms with van der Waals surface area (Å²) in [7, 11) is 1.71. The Bertz CT molecular complexity index is 1180. The van der Waals surface area contributed by atoms with Gasteiger partial charge in [0.05, 0.1) is 35.8 Å². The first-order valence-corrected chi connectivity index (χ1v) is 10.3. The van der Waals surface area contributed by atoms with Crippen molar-refractivity contribution in [2.24, 2.45) is 10.7 Å². The summed E-state index contributed by atoms with van der Waals surface area (Å²) in [6.07, 6.45) is 10.2. The lowest BCUT2D eigenvalue weighted by molar-refractivity contribution is 0.807. The van der Waals surface area contributed by atoms with Gasteiger partial charge in [-0.15, -0.1) is 0 Å². The molecule has 0 saturated carbocycles. The summed E-state index contributed by atoms with van der Waals surface area (Å²) in [5.74, 6) is -0.0363. The van der Waals surface area contributed by atoms with Crippen LogP contribution < -0.4 is 11.1 Å². The number of nitrogens with one attached hydrogen (secondary N) is 1. The SMILES string of the molecule is CC.CN=C(C1=C(C)NC(N)=C(C#N)C1c1ccc(-n2ccnc2)cc1)c1cnccn1. The smallest absolute Gasteiger partial charge is 0.115 e. The topological polar surface area (TPSA) is 118 Å². The van der Waals surface area contributed by atoms with Crippen LogP contribution in [-0.2, 0) is 0 Å². The molecule has 0 saturated heterocycles. The van der Waals surface area contributed by atoms with E-state index in [2.05, 4.69) is 31.3 Å². The highest BCUT2D eigenvalue weighted by Crippen LogP contribution is 2.38. The number of allylic oxidation sites excluding steroid dienone is 3. The predicted molar refractivity (Wildman–Crippen MR) is 125 cm³/mol. The second-order valence-corrected chi connectivity index (χ2v) is 6.76. The van der Waals surface area contributed by atoms with Crippen molar-refractivity contribution >= 4 is 5.71 Å². The summed E-state index contributed by atoms with van der Waals surface area (Å²) < 4.78 is 1.92. The molecule has 1 atom stereocenters. The van der Waals surface area contributed by atoms with Gasteiger partial charge in [0.2, 0.25) is 0 Å². The summed E-state index contributed by atoms with van der Waals surface area (Å²) in [6, 6.07) is 10.2. The molecule has 0 fully saturated rings. The van der Waals surface area contributed by atoms with E-state index in [4.69, 9.17) is 5.73 Å². The van der Waals surface area contributed by atoms with E-state index in [1.807, 2.05) is 55.8 Å². The average Bonchev–Trinajstić information content (AvgIpc) is 3.38. The lowest BCUT2D eigenvalue weighted by Crippen LogP contribution is -2.32. The number of nitrogens with two attached hydrogens (primary N) is 1. The molecule has 8 heteroatoms. The number of nitriles is 1. The molecule has 1 unspecified atom stereocenters. The van der Waals surface area contributed by atoms with Crippen molar-refractivity contribution in [1.82, 2.24) is 24.8 Å². The lowest BCUT2D eigenvalue weighted by Gasteiger charge is -2.30. The van der Waals surface area contributed by atoms with Gasteiger partial charge in [-0.1, -0.05) is 26.0 Å². The maximum atomic E-state index is 9.90. The van der Waals surface area contributed by atoms with Gasteiger partial charge in [-0.2, -0.15) is 5.26 Å². The fourth-order valence-electron chi connectivity index (χ4n) is 3.67. The molecule has 1 aliphatic rings. The molecule has 1 aromatic carbocycles. The molecule has 1 aliphatic heterocycles. The first kappa shape index (κ1) is 22.4. The summed E-state index contributed by atoms with van der Waals surface area (Å²) in [5.41, 5.74) is 11.5. The normalized spacial score (nSPS) is 16.1. The number of imidazole rings is 1. The molecule has 3 N–H and O–H groups in total. The van der Waals surface area contributed by atoms with Gasteiger partial charge in [0.25, 0.3) is 0 Å². The third-order valence-corrected chi connectivity index (χ3v) is 5.03. The van der Waals surface area contributed by atoms with Gasteiger partial charge in [-0.3, -0.25) is 15.0 Å². The zero-order valence-electron chi connectivity index (χ0n) is 18.6. The molecule has 0 amide bonds. The minimum atomic E-state index is -0.381. The quantitative estimate of drug-likeness (QED) is 0.617. The summed E-state index contributed by atoms with van der Waals surface area (Å²) in [6.45, 7) is 5.92.